The Hall–Kier alpha value is -1.46. The van der Waals surface area contributed by atoms with E-state index in [1.54, 1.807) is 18.2 Å². The Morgan fingerprint density at radius 1 is 1.63 bits per heavy atom. The Morgan fingerprint density at radius 2 is 2.42 bits per heavy atom. The summed E-state index contributed by atoms with van der Waals surface area (Å²) in [5.74, 6) is -0.131. The predicted molar refractivity (Wildman–Crippen MR) is 70.9 cm³/mol. The molecular formula is C14H20N2O3. The van der Waals surface area contributed by atoms with Crippen molar-refractivity contribution in [2.24, 2.45) is 0 Å². The maximum atomic E-state index is 12.4. The van der Waals surface area contributed by atoms with Crippen LogP contribution in [0.2, 0.25) is 0 Å². The molecule has 0 saturated carbocycles. The van der Waals surface area contributed by atoms with E-state index < -0.39 is 0 Å². The third kappa shape index (κ3) is 2.93. The first kappa shape index (κ1) is 14.0. The van der Waals surface area contributed by atoms with Gasteiger partial charge in [-0.3, -0.25) is 9.78 Å². The van der Waals surface area contributed by atoms with Gasteiger partial charge in [-0.05, 0) is 30.5 Å². The highest BCUT2D eigenvalue weighted by molar-refractivity contribution is 5.93. The molecule has 1 aromatic heterocycles. The van der Waals surface area contributed by atoms with Crippen LogP contribution in [0.1, 0.15) is 29.4 Å². The van der Waals surface area contributed by atoms with Gasteiger partial charge in [0.1, 0.15) is 5.69 Å². The van der Waals surface area contributed by atoms with Crippen molar-refractivity contribution in [1.82, 2.24) is 9.88 Å². The van der Waals surface area contributed by atoms with E-state index in [-0.39, 0.29) is 24.7 Å². The minimum absolute atomic E-state index is 0.00421. The first-order valence-corrected chi connectivity index (χ1v) is 6.59. The number of likely N-dealkylation sites (tertiary alicyclic amines) is 1. The second-order valence-corrected chi connectivity index (χ2v) is 4.79. The van der Waals surface area contributed by atoms with E-state index in [1.165, 1.54) is 0 Å². The van der Waals surface area contributed by atoms with E-state index in [4.69, 9.17) is 4.74 Å². The van der Waals surface area contributed by atoms with Gasteiger partial charge in [-0.1, -0.05) is 6.92 Å². The first-order chi connectivity index (χ1) is 9.19. The molecule has 104 valence electrons. The third-order valence-corrected chi connectivity index (χ3v) is 3.63. The average Bonchev–Trinajstić information content (AvgIpc) is 2.89. The summed E-state index contributed by atoms with van der Waals surface area (Å²) in [6.45, 7) is 2.51. The molecule has 0 unspecified atom stereocenters. The van der Waals surface area contributed by atoms with Crippen molar-refractivity contribution in [3.8, 4) is 0 Å². The molecule has 1 aromatic rings. The second kappa shape index (κ2) is 6.12. The maximum absolute atomic E-state index is 12.4. The molecule has 0 bridgehead atoms. The highest BCUT2D eigenvalue weighted by Gasteiger charge is 2.35. The lowest BCUT2D eigenvalue weighted by Crippen LogP contribution is -2.38. The van der Waals surface area contributed by atoms with E-state index in [2.05, 4.69) is 4.98 Å². The molecule has 1 aliphatic heterocycles. The van der Waals surface area contributed by atoms with Crippen molar-refractivity contribution < 1.29 is 14.6 Å². The van der Waals surface area contributed by atoms with Gasteiger partial charge < -0.3 is 14.7 Å². The number of ether oxygens (including phenoxy) is 1. The Morgan fingerprint density at radius 3 is 3.05 bits per heavy atom. The minimum Gasteiger partial charge on any atom is -0.394 e. The smallest absolute Gasteiger partial charge is 0.272 e. The van der Waals surface area contributed by atoms with Crippen LogP contribution in [0.25, 0.3) is 0 Å². The van der Waals surface area contributed by atoms with Crippen LogP contribution >= 0.6 is 0 Å². The van der Waals surface area contributed by atoms with E-state index in [0.717, 1.165) is 12.0 Å². The molecular weight excluding hydrogens is 244 g/mol. The zero-order valence-corrected chi connectivity index (χ0v) is 11.4. The van der Waals surface area contributed by atoms with Crippen LogP contribution in [-0.2, 0) is 11.2 Å². The SMILES string of the molecule is CCc1ccnc(C(=O)N2C[C@@H](OC)C[C@H]2CO)c1. The van der Waals surface area contributed by atoms with Gasteiger partial charge in [0.15, 0.2) is 0 Å². The van der Waals surface area contributed by atoms with Crippen LogP contribution in [0, 0.1) is 0 Å². The van der Waals surface area contributed by atoms with Gasteiger partial charge in [-0.25, -0.2) is 0 Å². The lowest BCUT2D eigenvalue weighted by atomic mass is 10.1. The second-order valence-electron chi connectivity index (χ2n) is 4.79. The molecule has 2 rings (SSSR count). The number of aliphatic hydroxyl groups is 1. The summed E-state index contributed by atoms with van der Waals surface area (Å²) >= 11 is 0. The summed E-state index contributed by atoms with van der Waals surface area (Å²) in [5.41, 5.74) is 1.52. The number of aromatic nitrogens is 1. The van der Waals surface area contributed by atoms with Gasteiger partial charge in [0.2, 0.25) is 0 Å². The van der Waals surface area contributed by atoms with Gasteiger partial charge in [-0.2, -0.15) is 0 Å². The first-order valence-electron chi connectivity index (χ1n) is 6.59. The van der Waals surface area contributed by atoms with Crippen molar-refractivity contribution in [3.63, 3.8) is 0 Å². The van der Waals surface area contributed by atoms with Gasteiger partial charge in [-0.15, -0.1) is 0 Å². The monoisotopic (exact) mass is 264 g/mol. The maximum Gasteiger partial charge on any atom is 0.272 e. The quantitative estimate of drug-likeness (QED) is 0.876. The Kier molecular flexibility index (Phi) is 4.50. The molecule has 1 saturated heterocycles. The van der Waals surface area contributed by atoms with Gasteiger partial charge in [0.05, 0.1) is 18.8 Å². The number of carbonyl (C=O) groups excluding carboxylic acids is 1. The van der Waals surface area contributed by atoms with E-state index in [9.17, 15) is 9.90 Å². The Bertz CT molecular complexity index is 450. The Labute approximate surface area is 113 Å². The van der Waals surface area contributed by atoms with Crippen LogP contribution in [0.15, 0.2) is 18.3 Å². The van der Waals surface area contributed by atoms with E-state index >= 15 is 0 Å². The average molecular weight is 264 g/mol. The van der Waals surface area contributed by atoms with Crippen molar-refractivity contribution in [2.75, 3.05) is 20.3 Å². The standard InChI is InChI=1S/C14H20N2O3/c1-3-10-4-5-15-13(6-10)14(18)16-8-12(19-2)7-11(16)9-17/h4-6,11-12,17H,3,7-9H2,1-2H3/t11-,12-/m0/s1. The number of aryl methyl sites for hydroxylation is 1. The number of amides is 1. The van der Waals surface area contributed by atoms with Crippen LogP contribution < -0.4 is 0 Å². The summed E-state index contributed by atoms with van der Waals surface area (Å²) in [7, 11) is 1.63. The fourth-order valence-electron chi connectivity index (χ4n) is 2.42. The summed E-state index contributed by atoms with van der Waals surface area (Å²) in [4.78, 5) is 18.2. The van der Waals surface area contributed by atoms with E-state index in [1.807, 2.05) is 19.1 Å². The molecule has 0 radical (unpaired) electrons. The van der Waals surface area contributed by atoms with Crippen molar-refractivity contribution in [2.45, 2.75) is 31.9 Å². The summed E-state index contributed by atoms with van der Waals surface area (Å²) in [6.07, 6.45) is 3.19. The summed E-state index contributed by atoms with van der Waals surface area (Å²) in [6, 6.07) is 3.55. The topological polar surface area (TPSA) is 62.7 Å². The number of carbonyl (C=O) groups is 1. The largest absolute Gasteiger partial charge is 0.394 e. The molecule has 2 atom stereocenters. The van der Waals surface area contributed by atoms with Gasteiger partial charge in [0.25, 0.3) is 5.91 Å². The van der Waals surface area contributed by atoms with Gasteiger partial charge in [0, 0.05) is 19.9 Å². The number of pyridine rings is 1. The number of hydrogen-bond acceptors (Lipinski definition) is 4. The fourth-order valence-corrected chi connectivity index (χ4v) is 2.42. The highest BCUT2D eigenvalue weighted by atomic mass is 16.5. The number of aliphatic hydroxyl groups excluding tert-OH is 1. The third-order valence-electron chi connectivity index (χ3n) is 3.63. The summed E-state index contributed by atoms with van der Waals surface area (Å²) < 4.78 is 5.28. The molecule has 1 N–H and O–H groups in total. The molecule has 1 fully saturated rings. The molecule has 1 aliphatic rings. The number of hydrogen-bond donors (Lipinski definition) is 1. The van der Waals surface area contributed by atoms with Crippen molar-refractivity contribution in [1.29, 1.82) is 0 Å². The molecule has 0 aromatic carbocycles. The molecule has 2 heterocycles. The van der Waals surface area contributed by atoms with Crippen molar-refractivity contribution >= 4 is 5.91 Å². The molecule has 5 nitrogen and oxygen atoms in total. The fraction of sp³-hybridized carbons (Fsp3) is 0.571. The zero-order valence-electron chi connectivity index (χ0n) is 11.4. The number of nitrogens with zero attached hydrogens (tertiary/aromatic N) is 2. The van der Waals surface area contributed by atoms with Crippen LogP contribution in [-0.4, -0.2) is 53.3 Å². The number of rotatable bonds is 4. The highest BCUT2D eigenvalue weighted by Crippen LogP contribution is 2.21. The zero-order chi connectivity index (χ0) is 13.8. The Balaban J connectivity index is 2.18. The predicted octanol–water partition coefficient (Wildman–Crippen LogP) is 0.866. The molecule has 5 heteroatoms. The molecule has 1 amide bonds. The normalized spacial score (nSPS) is 22.8. The molecule has 0 aliphatic carbocycles. The molecule has 19 heavy (non-hydrogen) atoms. The number of methoxy groups -OCH3 is 1. The van der Waals surface area contributed by atoms with Gasteiger partial charge >= 0.3 is 0 Å². The lowest BCUT2D eigenvalue weighted by Gasteiger charge is -2.22. The lowest BCUT2D eigenvalue weighted by molar-refractivity contribution is 0.0642. The van der Waals surface area contributed by atoms with Crippen LogP contribution in [0.4, 0.5) is 0 Å². The van der Waals surface area contributed by atoms with E-state index in [0.29, 0.717) is 18.7 Å². The van der Waals surface area contributed by atoms with Crippen LogP contribution in [0.3, 0.4) is 0 Å². The van der Waals surface area contributed by atoms with Crippen LogP contribution in [0.5, 0.6) is 0 Å². The minimum atomic E-state index is -0.176. The van der Waals surface area contributed by atoms with Crippen molar-refractivity contribution in [3.05, 3.63) is 29.6 Å². The molecule has 0 spiro atoms. The summed E-state index contributed by atoms with van der Waals surface area (Å²) in [5, 5.41) is 9.38.